The summed E-state index contributed by atoms with van der Waals surface area (Å²) in [6.45, 7) is 4.61. The Morgan fingerprint density at radius 3 is 2.52 bits per heavy atom. The van der Waals surface area contributed by atoms with Crippen LogP contribution in [0.4, 0.5) is 5.69 Å². The Bertz CT molecular complexity index is 671. The number of carbonyl (C=O) groups is 1. The molecule has 0 aliphatic heterocycles. The topological polar surface area (TPSA) is 47.6 Å². The molecule has 0 radical (unpaired) electrons. The molecule has 0 aliphatic rings. The van der Waals surface area contributed by atoms with Gasteiger partial charge in [0.25, 0.3) is 5.91 Å². The zero-order valence-corrected chi connectivity index (χ0v) is 14.2. The Hall–Kier alpha value is -2.20. The summed E-state index contributed by atoms with van der Waals surface area (Å²) in [6.07, 6.45) is 0. The van der Waals surface area contributed by atoms with Gasteiger partial charge < -0.3 is 14.8 Å². The highest BCUT2D eigenvalue weighted by Crippen LogP contribution is 2.36. The van der Waals surface area contributed by atoms with Crippen molar-refractivity contribution in [1.29, 1.82) is 0 Å². The van der Waals surface area contributed by atoms with Crippen LogP contribution in [0.15, 0.2) is 42.5 Å². The lowest BCUT2D eigenvalue weighted by molar-refractivity contribution is 0.102. The van der Waals surface area contributed by atoms with E-state index in [0.717, 1.165) is 0 Å². The number of methoxy groups -OCH3 is 1. The van der Waals surface area contributed by atoms with Crippen LogP contribution < -0.4 is 14.8 Å². The molecule has 122 valence electrons. The lowest BCUT2D eigenvalue weighted by Gasteiger charge is -2.15. The van der Waals surface area contributed by atoms with Gasteiger partial charge in [0.15, 0.2) is 11.5 Å². The molecule has 0 fully saturated rings. The van der Waals surface area contributed by atoms with Crippen molar-refractivity contribution < 1.29 is 14.3 Å². The van der Waals surface area contributed by atoms with Crippen LogP contribution in [-0.4, -0.2) is 19.6 Å². The second-order valence-electron chi connectivity index (χ2n) is 5.51. The molecule has 1 N–H and O–H groups in total. The SMILES string of the molecule is COc1cc(C(=O)Nc2ccccc2)cc(Cl)c1OCC(C)C. The predicted octanol–water partition coefficient (Wildman–Crippen LogP) is 4.64. The Kier molecular flexibility index (Phi) is 5.88. The summed E-state index contributed by atoms with van der Waals surface area (Å²) in [5.74, 6) is 0.999. The first kappa shape index (κ1) is 17.2. The summed E-state index contributed by atoms with van der Waals surface area (Å²) in [6, 6.07) is 12.4. The van der Waals surface area contributed by atoms with Crippen LogP contribution in [0.5, 0.6) is 11.5 Å². The summed E-state index contributed by atoms with van der Waals surface area (Å²) in [4.78, 5) is 12.3. The van der Waals surface area contributed by atoms with Crippen LogP contribution in [0.3, 0.4) is 0 Å². The van der Waals surface area contributed by atoms with Crippen LogP contribution in [0.25, 0.3) is 0 Å². The molecule has 0 heterocycles. The van der Waals surface area contributed by atoms with Crippen molar-refractivity contribution in [3.8, 4) is 11.5 Å². The Balaban J connectivity index is 2.23. The maximum atomic E-state index is 12.3. The first-order valence-electron chi connectivity index (χ1n) is 7.38. The molecule has 2 rings (SSSR count). The van der Waals surface area contributed by atoms with Gasteiger partial charge in [-0.1, -0.05) is 43.6 Å². The number of hydrogen-bond donors (Lipinski definition) is 1. The zero-order chi connectivity index (χ0) is 16.8. The van der Waals surface area contributed by atoms with Gasteiger partial charge in [0.1, 0.15) is 0 Å². The number of para-hydroxylation sites is 1. The average Bonchev–Trinajstić information content (AvgIpc) is 2.53. The number of halogens is 1. The molecule has 0 bridgehead atoms. The van der Waals surface area contributed by atoms with Gasteiger partial charge >= 0.3 is 0 Å². The van der Waals surface area contributed by atoms with E-state index in [1.54, 1.807) is 12.1 Å². The van der Waals surface area contributed by atoms with E-state index in [0.29, 0.717) is 40.3 Å². The Morgan fingerprint density at radius 1 is 1.22 bits per heavy atom. The third kappa shape index (κ3) is 4.63. The van der Waals surface area contributed by atoms with Gasteiger partial charge in [-0.25, -0.2) is 0 Å². The van der Waals surface area contributed by atoms with Crippen molar-refractivity contribution >= 4 is 23.2 Å². The molecular formula is C18H20ClNO3. The second-order valence-corrected chi connectivity index (χ2v) is 5.92. The number of carbonyl (C=O) groups excluding carboxylic acids is 1. The summed E-state index contributed by atoms with van der Waals surface area (Å²) >= 11 is 6.26. The van der Waals surface area contributed by atoms with Crippen LogP contribution in [0, 0.1) is 5.92 Å². The fourth-order valence-electron chi connectivity index (χ4n) is 1.97. The van der Waals surface area contributed by atoms with E-state index < -0.39 is 0 Å². The van der Waals surface area contributed by atoms with E-state index >= 15 is 0 Å². The monoisotopic (exact) mass is 333 g/mol. The van der Waals surface area contributed by atoms with Gasteiger partial charge in [-0.15, -0.1) is 0 Å². The molecule has 23 heavy (non-hydrogen) atoms. The van der Waals surface area contributed by atoms with Crippen molar-refractivity contribution in [3.05, 3.63) is 53.1 Å². The fourth-order valence-corrected chi connectivity index (χ4v) is 2.23. The van der Waals surface area contributed by atoms with Gasteiger partial charge in [-0.05, 0) is 30.2 Å². The fraction of sp³-hybridized carbons (Fsp3) is 0.278. The average molecular weight is 334 g/mol. The third-order valence-corrected chi connectivity index (χ3v) is 3.37. The van der Waals surface area contributed by atoms with Crippen molar-refractivity contribution in [2.45, 2.75) is 13.8 Å². The highest BCUT2D eigenvalue weighted by Gasteiger charge is 2.16. The Morgan fingerprint density at radius 2 is 1.91 bits per heavy atom. The van der Waals surface area contributed by atoms with E-state index in [-0.39, 0.29) is 5.91 Å². The normalized spacial score (nSPS) is 10.5. The van der Waals surface area contributed by atoms with E-state index in [2.05, 4.69) is 5.32 Å². The first-order valence-corrected chi connectivity index (χ1v) is 7.75. The van der Waals surface area contributed by atoms with Crippen LogP contribution in [0.1, 0.15) is 24.2 Å². The molecule has 0 aliphatic carbocycles. The molecule has 0 spiro atoms. The number of anilines is 1. The molecule has 0 saturated carbocycles. The summed E-state index contributed by atoms with van der Waals surface area (Å²) < 4.78 is 11.0. The molecule has 5 heteroatoms. The Labute approximate surface area is 141 Å². The molecule has 0 unspecified atom stereocenters. The highest BCUT2D eigenvalue weighted by atomic mass is 35.5. The minimum atomic E-state index is -0.258. The number of nitrogens with one attached hydrogen (secondary N) is 1. The van der Waals surface area contributed by atoms with Gasteiger partial charge in [-0.2, -0.15) is 0 Å². The molecule has 0 atom stereocenters. The lowest BCUT2D eigenvalue weighted by Crippen LogP contribution is -2.13. The number of hydrogen-bond acceptors (Lipinski definition) is 3. The third-order valence-electron chi connectivity index (χ3n) is 3.08. The molecule has 0 saturated heterocycles. The standard InChI is InChI=1S/C18H20ClNO3/c1-12(2)11-23-17-15(19)9-13(10-16(17)22-3)18(21)20-14-7-5-4-6-8-14/h4-10,12H,11H2,1-3H3,(H,20,21). The molecule has 2 aromatic rings. The van der Waals surface area contributed by atoms with Gasteiger partial charge in [0.2, 0.25) is 0 Å². The molecule has 0 aromatic heterocycles. The second kappa shape index (κ2) is 7.88. The van der Waals surface area contributed by atoms with Gasteiger partial charge in [-0.3, -0.25) is 4.79 Å². The van der Waals surface area contributed by atoms with Gasteiger partial charge in [0.05, 0.1) is 18.7 Å². The van der Waals surface area contributed by atoms with E-state index in [9.17, 15) is 4.79 Å². The maximum Gasteiger partial charge on any atom is 0.255 e. The molecule has 2 aromatic carbocycles. The van der Waals surface area contributed by atoms with Gasteiger partial charge in [0, 0.05) is 11.3 Å². The lowest BCUT2D eigenvalue weighted by atomic mass is 10.1. The maximum absolute atomic E-state index is 12.3. The smallest absolute Gasteiger partial charge is 0.255 e. The minimum absolute atomic E-state index is 0.258. The predicted molar refractivity (Wildman–Crippen MR) is 92.7 cm³/mol. The van der Waals surface area contributed by atoms with Crippen molar-refractivity contribution in [2.75, 3.05) is 19.0 Å². The zero-order valence-electron chi connectivity index (χ0n) is 13.4. The number of ether oxygens (including phenoxy) is 2. The summed E-state index contributed by atoms with van der Waals surface area (Å²) in [7, 11) is 1.52. The summed E-state index contributed by atoms with van der Waals surface area (Å²) in [5, 5.41) is 3.16. The van der Waals surface area contributed by atoms with Crippen LogP contribution in [-0.2, 0) is 0 Å². The van der Waals surface area contributed by atoms with Crippen molar-refractivity contribution in [1.82, 2.24) is 0 Å². The number of rotatable bonds is 6. The molecule has 4 nitrogen and oxygen atoms in total. The number of amides is 1. The van der Waals surface area contributed by atoms with Crippen molar-refractivity contribution in [2.24, 2.45) is 5.92 Å². The molecule has 1 amide bonds. The van der Waals surface area contributed by atoms with E-state index in [1.807, 2.05) is 44.2 Å². The quantitative estimate of drug-likeness (QED) is 0.838. The van der Waals surface area contributed by atoms with Crippen LogP contribution >= 0.6 is 11.6 Å². The van der Waals surface area contributed by atoms with E-state index in [1.165, 1.54) is 7.11 Å². The van der Waals surface area contributed by atoms with E-state index in [4.69, 9.17) is 21.1 Å². The largest absolute Gasteiger partial charge is 0.493 e. The van der Waals surface area contributed by atoms with Crippen LogP contribution in [0.2, 0.25) is 5.02 Å². The highest BCUT2D eigenvalue weighted by molar-refractivity contribution is 6.32. The summed E-state index contributed by atoms with van der Waals surface area (Å²) in [5.41, 5.74) is 1.13. The minimum Gasteiger partial charge on any atom is -0.493 e. The van der Waals surface area contributed by atoms with Crippen molar-refractivity contribution in [3.63, 3.8) is 0 Å². The first-order chi connectivity index (χ1) is 11.0. The number of benzene rings is 2. The molecular weight excluding hydrogens is 314 g/mol.